The Balaban J connectivity index is 3.67. The molecule has 1 rings (SSSR count). The van der Waals surface area contributed by atoms with Crippen LogP contribution in [-0.4, -0.2) is 14.0 Å². The Morgan fingerprint density at radius 1 is 1.14 bits per heavy atom. The predicted octanol–water partition coefficient (Wildman–Crippen LogP) is 4.56. The van der Waals surface area contributed by atoms with Crippen molar-refractivity contribution in [1.29, 1.82) is 0 Å². The Morgan fingerprint density at radius 2 is 1.64 bits per heavy atom. The van der Waals surface area contributed by atoms with E-state index in [4.69, 9.17) is 11.6 Å². The van der Waals surface area contributed by atoms with Gasteiger partial charge in [-0.25, -0.2) is 13.1 Å². The first-order valence-electron chi connectivity index (χ1n) is 6.60. The SMILES string of the molecule is CC(C)c1ccc(S(=O)(=O)NC(C)(C)C)c(C(F)(F)F)c1Cl. The van der Waals surface area contributed by atoms with Crippen molar-refractivity contribution in [3.8, 4) is 0 Å². The normalized spacial score (nSPS) is 13.7. The standard InChI is InChI=1S/C14H19ClF3NO2S/c1-8(2)9-6-7-10(11(12(9)15)14(16,17)18)22(20,21)19-13(3,4)5/h6-8,19H,1-5H3. The third-order valence-corrected chi connectivity index (χ3v) is 4.98. The van der Waals surface area contributed by atoms with Crippen molar-refractivity contribution in [3.05, 3.63) is 28.3 Å². The molecule has 0 aliphatic rings. The summed E-state index contributed by atoms with van der Waals surface area (Å²) in [6.07, 6.45) is -4.87. The molecule has 0 atom stereocenters. The van der Waals surface area contributed by atoms with Crippen LogP contribution in [0.15, 0.2) is 17.0 Å². The molecule has 8 heteroatoms. The molecule has 0 unspecified atom stereocenters. The van der Waals surface area contributed by atoms with Gasteiger partial charge >= 0.3 is 6.18 Å². The van der Waals surface area contributed by atoms with E-state index < -0.39 is 37.2 Å². The summed E-state index contributed by atoms with van der Waals surface area (Å²) in [7, 11) is -4.35. The molecule has 0 saturated heterocycles. The summed E-state index contributed by atoms with van der Waals surface area (Å²) in [4.78, 5) is -0.857. The fraction of sp³-hybridized carbons (Fsp3) is 0.571. The number of hydrogen-bond acceptors (Lipinski definition) is 2. The highest BCUT2D eigenvalue weighted by Crippen LogP contribution is 2.42. The maximum Gasteiger partial charge on any atom is 0.419 e. The van der Waals surface area contributed by atoms with E-state index in [2.05, 4.69) is 4.72 Å². The minimum atomic E-state index is -4.87. The first kappa shape index (κ1) is 19.3. The van der Waals surface area contributed by atoms with Crippen LogP contribution in [0.1, 0.15) is 51.7 Å². The molecule has 0 aliphatic carbocycles. The summed E-state index contributed by atoms with van der Waals surface area (Å²) in [5.41, 5.74) is -1.98. The second kappa shape index (κ2) is 6.02. The van der Waals surface area contributed by atoms with Gasteiger partial charge in [-0.15, -0.1) is 0 Å². The van der Waals surface area contributed by atoms with Crippen molar-refractivity contribution < 1.29 is 21.6 Å². The lowest BCUT2D eigenvalue weighted by Gasteiger charge is -2.23. The highest BCUT2D eigenvalue weighted by molar-refractivity contribution is 7.89. The second-order valence-corrected chi connectivity index (χ2v) is 8.38. The van der Waals surface area contributed by atoms with E-state index in [1.807, 2.05) is 0 Å². The number of halogens is 4. The summed E-state index contributed by atoms with van der Waals surface area (Å²) in [6, 6.07) is 2.28. The minimum Gasteiger partial charge on any atom is -0.207 e. The number of benzene rings is 1. The zero-order chi connectivity index (χ0) is 17.5. The summed E-state index contributed by atoms with van der Waals surface area (Å²) < 4.78 is 66.8. The molecule has 0 heterocycles. The molecule has 0 radical (unpaired) electrons. The van der Waals surface area contributed by atoms with Crippen LogP contribution in [0.25, 0.3) is 0 Å². The topological polar surface area (TPSA) is 46.2 Å². The average Bonchev–Trinajstić information content (AvgIpc) is 2.22. The van der Waals surface area contributed by atoms with E-state index in [0.717, 1.165) is 6.07 Å². The lowest BCUT2D eigenvalue weighted by Crippen LogP contribution is -2.41. The third kappa shape index (κ3) is 4.36. The van der Waals surface area contributed by atoms with Crippen molar-refractivity contribution >= 4 is 21.6 Å². The number of sulfonamides is 1. The van der Waals surface area contributed by atoms with Crippen LogP contribution in [0.2, 0.25) is 5.02 Å². The van der Waals surface area contributed by atoms with E-state index in [0.29, 0.717) is 0 Å². The van der Waals surface area contributed by atoms with Gasteiger partial charge in [0.15, 0.2) is 0 Å². The molecule has 3 nitrogen and oxygen atoms in total. The van der Waals surface area contributed by atoms with Crippen LogP contribution in [0.4, 0.5) is 13.2 Å². The molecule has 0 fully saturated rings. The zero-order valence-electron chi connectivity index (χ0n) is 13.0. The Hall–Kier alpha value is -0.790. The molecule has 22 heavy (non-hydrogen) atoms. The van der Waals surface area contributed by atoms with Gasteiger partial charge in [0.25, 0.3) is 0 Å². The van der Waals surface area contributed by atoms with Gasteiger partial charge in [0.1, 0.15) is 0 Å². The first-order valence-corrected chi connectivity index (χ1v) is 8.46. The zero-order valence-corrected chi connectivity index (χ0v) is 14.5. The first-order chi connectivity index (χ1) is 9.67. The molecular formula is C14H19ClF3NO2S. The third-order valence-electron chi connectivity index (χ3n) is 2.77. The molecule has 0 aromatic heterocycles. The van der Waals surface area contributed by atoms with Crippen molar-refractivity contribution in [2.24, 2.45) is 0 Å². The summed E-state index contributed by atoms with van der Waals surface area (Å²) in [5.74, 6) is -0.263. The summed E-state index contributed by atoms with van der Waals surface area (Å²) in [6.45, 7) is 8.00. The lowest BCUT2D eigenvalue weighted by atomic mass is 10.0. The highest BCUT2D eigenvalue weighted by atomic mass is 35.5. The van der Waals surface area contributed by atoms with Crippen LogP contribution < -0.4 is 4.72 Å². The highest BCUT2D eigenvalue weighted by Gasteiger charge is 2.41. The lowest BCUT2D eigenvalue weighted by molar-refractivity contribution is -0.139. The molecule has 0 amide bonds. The van der Waals surface area contributed by atoms with Crippen molar-refractivity contribution in [3.63, 3.8) is 0 Å². The molecule has 0 bridgehead atoms. The van der Waals surface area contributed by atoms with E-state index in [9.17, 15) is 21.6 Å². The number of hydrogen-bond donors (Lipinski definition) is 1. The largest absolute Gasteiger partial charge is 0.419 e. The summed E-state index contributed by atoms with van der Waals surface area (Å²) in [5, 5.41) is -0.570. The number of rotatable bonds is 3. The molecule has 0 saturated carbocycles. The van der Waals surface area contributed by atoms with Crippen LogP contribution >= 0.6 is 11.6 Å². The van der Waals surface area contributed by atoms with Crippen LogP contribution in [0, 0.1) is 0 Å². The minimum absolute atomic E-state index is 0.253. The Kier molecular flexibility index (Phi) is 5.27. The fourth-order valence-electron chi connectivity index (χ4n) is 1.97. The Morgan fingerprint density at radius 3 is 2.00 bits per heavy atom. The summed E-state index contributed by atoms with van der Waals surface area (Å²) >= 11 is 5.86. The maximum atomic E-state index is 13.3. The van der Waals surface area contributed by atoms with Crippen LogP contribution in [0.5, 0.6) is 0 Å². The molecular weight excluding hydrogens is 339 g/mol. The van der Waals surface area contributed by atoms with Gasteiger partial charge in [-0.3, -0.25) is 0 Å². The van der Waals surface area contributed by atoms with Gasteiger partial charge in [0.05, 0.1) is 15.5 Å². The van der Waals surface area contributed by atoms with Gasteiger partial charge in [-0.2, -0.15) is 13.2 Å². The van der Waals surface area contributed by atoms with Gasteiger partial charge in [-0.05, 0) is 38.3 Å². The quantitative estimate of drug-likeness (QED) is 0.862. The average molecular weight is 358 g/mol. The van der Waals surface area contributed by atoms with Crippen molar-refractivity contribution in [2.45, 2.75) is 57.1 Å². The van der Waals surface area contributed by atoms with E-state index in [1.165, 1.54) is 6.07 Å². The molecule has 0 aliphatic heterocycles. The van der Waals surface area contributed by atoms with Gasteiger partial charge in [-0.1, -0.05) is 31.5 Å². The van der Waals surface area contributed by atoms with Gasteiger partial charge in [0.2, 0.25) is 10.0 Å². The second-order valence-electron chi connectivity index (χ2n) is 6.35. The maximum absolute atomic E-state index is 13.3. The van der Waals surface area contributed by atoms with Crippen LogP contribution in [-0.2, 0) is 16.2 Å². The predicted molar refractivity (Wildman–Crippen MR) is 80.6 cm³/mol. The van der Waals surface area contributed by atoms with Crippen molar-refractivity contribution in [2.75, 3.05) is 0 Å². The monoisotopic (exact) mass is 357 g/mol. The van der Waals surface area contributed by atoms with Gasteiger partial charge in [0, 0.05) is 5.54 Å². The van der Waals surface area contributed by atoms with E-state index in [-0.39, 0.29) is 11.5 Å². The number of nitrogens with one attached hydrogen (secondary N) is 1. The number of alkyl halides is 3. The van der Waals surface area contributed by atoms with E-state index in [1.54, 1.807) is 34.6 Å². The van der Waals surface area contributed by atoms with E-state index >= 15 is 0 Å². The molecule has 126 valence electrons. The smallest absolute Gasteiger partial charge is 0.207 e. The molecule has 1 aromatic rings. The van der Waals surface area contributed by atoms with Gasteiger partial charge < -0.3 is 0 Å². The molecule has 0 spiro atoms. The fourth-order valence-corrected chi connectivity index (χ4v) is 4.16. The Bertz CT molecular complexity index is 662. The molecule has 1 N–H and O–H groups in total. The van der Waals surface area contributed by atoms with Crippen molar-refractivity contribution in [1.82, 2.24) is 4.72 Å². The van der Waals surface area contributed by atoms with Crippen LogP contribution in [0.3, 0.4) is 0 Å². The Labute approximate surface area is 133 Å². The molecule has 1 aromatic carbocycles.